The summed E-state index contributed by atoms with van der Waals surface area (Å²) in [5.74, 6) is 0. The van der Waals surface area contributed by atoms with Crippen LogP contribution < -0.4 is 5.69 Å². The van der Waals surface area contributed by atoms with Crippen LogP contribution in [-0.2, 0) is 13.1 Å². The fourth-order valence-electron chi connectivity index (χ4n) is 2.36. The molecule has 1 aliphatic rings. The first-order valence-electron chi connectivity index (χ1n) is 6.61. The van der Waals surface area contributed by atoms with E-state index in [1.54, 1.807) is 4.57 Å². The largest absolute Gasteiger partial charge is 0.328 e. The van der Waals surface area contributed by atoms with Gasteiger partial charge in [-0.2, -0.15) is 5.10 Å². The summed E-state index contributed by atoms with van der Waals surface area (Å²) >= 11 is 3.57. The van der Waals surface area contributed by atoms with Gasteiger partial charge < -0.3 is 0 Å². The number of halogens is 1. The molecule has 6 heteroatoms. The zero-order chi connectivity index (χ0) is 13.6. The van der Waals surface area contributed by atoms with E-state index in [0.29, 0.717) is 12.6 Å². The van der Waals surface area contributed by atoms with Crippen molar-refractivity contribution in [1.82, 2.24) is 18.9 Å². The van der Waals surface area contributed by atoms with Crippen LogP contribution in [0.5, 0.6) is 0 Å². The van der Waals surface area contributed by atoms with Crippen LogP contribution in [0.1, 0.15) is 37.2 Å². The Balaban J connectivity index is 1.95. The maximum absolute atomic E-state index is 12.3. The highest BCUT2D eigenvalue weighted by Crippen LogP contribution is 2.33. The summed E-state index contributed by atoms with van der Waals surface area (Å²) in [6, 6.07) is 0.426. The lowest BCUT2D eigenvalue weighted by Crippen LogP contribution is -2.24. The molecule has 0 amide bonds. The molecular formula is C13H17BrN4O. The number of hydrogen-bond acceptors (Lipinski definition) is 2. The molecule has 3 rings (SSSR count). The molecule has 2 heterocycles. The molecule has 0 bridgehead atoms. The van der Waals surface area contributed by atoms with E-state index in [4.69, 9.17) is 0 Å². The smallest absolute Gasteiger partial charge is 0.296 e. The summed E-state index contributed by atoms with van der Waals surface area (Å²) in [6.07, 6.45) is 6.02. The van der Waals surface area contributed by atoms with Crippen molar-refractivity contribution in [3.05, 3.63) is 38.7 Å². The Morgan fingerprint density at radius 3 is 2.79 bits per heavy atom. The first-order valence-corrected chi connectivity index (χ1v) is 7.40. The van der Waals surface area contributed by atoms with Gasteiger partial charge in [-0.1, -0.05) is 0 Å². The van der Waals surface area contributed by atoms with E-state index in [2.05, 4.69) is 28.0 Å². The molecule has 0 aromatic carbocycles. The quantitative estimate of drug-likeness (QED) is 0.866. The molecule has 0 atom stereocenters. The summed E-state index contributed by atoms with van der Waals surface area (Å²) in [4.78, 5) is 12.3. The summed E-state index contributed by atoms with van der Waals surface area (Å²) in [6.45, 7) is 5.39. The molecule has 19 heavy (non-hydrogen) atoms. The highest BCUT2D eigenvalue weighted by molar-refractivity contribution is 9.10. The van der Waals surface area contributed by atoms with E-state index in [1.165, 1.54) is 0 Å². The lowest BCUT2D eigenvalue weighted by Gasteiger charge is -2.06. The second-order valence-electron chi connectivity index (χ2n) is 5.01. The Bertz CT molecular complexity index is 663. The third-order valence-corrected chi connectivity index (χ3v) is 4.62. The first-order chi connectivity index (χ1) is 9.11. The minimum Gasteiger partial charge on any atom is -0.296 e. The third-order valence-electron chi connectivity index (χ3n) is 3.59. The van der Waals surface area contributed by atoms with E-state index < -0.39 is 0 Å². The van der Waals surface area contributed by atoms with Gasteiger partial charge in [0.05, 0.1) is 22.4 Å². The molecule has 0 unspecified atom stereocenters. The van der Waals surface area contributed by atoms with Gasteiger partial charge in [-0.3, -0.25) is 13.8 Å². The number of imidazole rings is 1. The predicted octanol–water partition coefficient (Wildman–Crippen LogP) is 2.32. The number of nitrogens with zero attached hydrogens (tertiary/aromatic N) is 4. The van der Waals surface area contributed by atoms with Crippen LogP contribution in [0, 0.1) is 6.92 Å². The van der Waals surface area contributed by atoms with Gasteiger partial charge in [0.25, 0.3) is 0 Å². The van der Waals surface area contributed by atoms with Gasteiger partial charge in [0.2, 0.25) is 0 Å². The van der Waals surface area contributed by atoms with Crippen molar-refractivity contribution in [2.24, 2.45) is 0 Å². The number of hydrogen-bond donors (Lipinski definition) is 0. The lowest BCUT2D eigenvalue weighted by molar-refractivity contribution is 0.581. The van der Waals surface area contributed by atoms with Crippen molar-refractivity contribution in [2.75, 3.05) is 0 Å². The minimum atomic E-state index is 0.0795. The molecule has 0 spiro atoms. The maximum atomic E-state index is 12.3. The average molecular weight is 325 g/mol. The number of rotatable bonds is 4. The van der Waals surface area contributed by atoms with Crippen molar-refractivity contribution < 1.29 is 0 Å². The zero-order valence-corrected chi connectivity index (χ0v) is 12.7. The molecule has 1 aliphatic carbocycles. The molecule has 0 radical (unpaired) electrons. The minimum absolute atomic E-state index is 0.0795. The van der Waals surface area contributed by atoms with Crippen molar-refractivity contribution >= 4 is 15.9 Å². The molecule has 0 saturated heterocycles. The maximum Gasteiger partial charge on any atom is 0.328 e. The van der Waals surface area contributed by atoms with Crippen molar-refractivity contribution in [2.45, 2.75) is 45.8 Å². The van der Waals surface area contributed by atoms with Gasteiger partial charge in [0, 0.05) is 25.0 Å². The summed E-state index contributed by atoms with van der Waals surface area (Å²) in [5, 5.41) is 4.46. The molecule has 2 aromatic heterocycles. The first kappa shape index (κ1) is 12.7. The second kappa shape index (κ2) is 4.67. The van der Waals surface area contributed by atoms with E-state index in [-0.39, 0.29) is 5.69 Å². The summed E-state index contributed by atoms with van der Waals surface area (Å²) in [7, 11) is 0. The zero-order valence-electron chi connectivity index (χ0n) is 11.1. The standard InChI is InChI=1S/C13H17BrN4O/c1-3-18-11(12(14)9(2)15-18)8-16-6-7-17(13(16)19)10-4-5-10/h6-7,10H,3-5,8H2,1-2H3. The van der Waals surface area contributed by atoms with E-state index in [1.807, 2.05) is 28.6 Å². The van der Waals surface area contributed by atoms with Crippen molar-refractivity contribution in [3.8, 4) is 0 Å². The Hall–Kier alpha value is -1.30. The van der Waals surface area contributed by atoms with Gasteiger partial charge in [0.1, 0.15) is 0 Å². The number of aryl methyl sites for hydroxylation is 2. The molecule has 1 saturated carbocycles. The van der Waals surface area contributed by atoms with Crippen LogP contribution in [-0.4, -0.2) is 18.9 Å². The van der Waals surface area contributed by atoms with Gasteiger partial charge in [-0.15, -0.1) is 0 Å². The average Bonchev–Trinajstić information content (AvgIpc) is 3.12. The monoisotopic (exact) mass is 324 g/mol. The number of aromatic nitrogens is 4. The van der Waals surface area contributed by atoms with Gasteiger partial charge >= 0.3 is 5.69 Å². The second-order valence-corrected chi connectivity index (χ2v) is 5.80. The highest BCUT2D eigenvalue weighted by Gasteiger charge is 2.25. The molecular weight excluding hydrogens is 308 g/mol. The third kappa shape index (κ3) is 2.18. The van der Waals surface area contributed by atoms with E-state index in [0.717, 1.165) is 35.2 Å². The highest BCUT2D eigenvalue weighted by atomic mass is 79.9. The van der Waals surface area contributed by atoms with Crippen LogP contribution in [0.3, 0.4) is 0 Å². The molecule has 102 valence electrons. The van der Waals surface area contributed by atoms with Crippen molar-refractivity contribution in [1.29, 1.82) is 0 Å². The fraction of sp³-hybridized carbons (Fsp3) is 0.538. The molecule has 5 nitrogen and oxygen atoms in total. The topological polar surface area (TPSA) is 44.8 Å². The Kier molecular flexibility index (Phi) is 3.12. The molecule has 1 fully saturated rings. The molecule has 2 aromatic rings. The van der Waals surface area contributed by atoms with Crippen LogP contribution >= 0.6 is 15.9 Å². The lowest BCUT2D eigenvalue weighted by atomic mass is 10.3. The summed E-state index contributed by atoms with van der Waals surface area (Å²) in [5.41, 5.74) is 2.10. The molecule has 0 N–H and O–H groups in total. The van der Waals surface area contributed by atoms with Crippen LogP contribution in [0.25, 0.3) is 0 Å². The fourth-order valence-corrected chi connectivity index (χ4v) is 2.77. The van der Waals surface area contributed by atoms with Gasteiger partial charge in [-0.25, -0.2) is 4.79 Å². The van der Waals surface area contributed by atoms with Crippen LogP contribution in [0.4, 0.5) is 0 Å². The SMILES string of the molecule is CCn1nc(C)c(Br)c1Cn1ccn(C2CC2)c1=O. The van der Waals surface area contributed by atoms with Crippen LogP contribution in [0.15, 0.2) is 21.7 Å². The van der Waals surface area contributed by atoms with Gasteiger partial charge in [-0.05, 0) is 42.6 Å². The van der Waals surface area contributed by atoms with E-state index in [9.17, 15) is 4.79 Å². The van der Waals surface area contributed by atoms with Gasteiger partial charge in [0.15, 0.2) is 0 Å². The normalized spacial score (nSPS) is 15.1. The van der Waals surface area contributed by atoms with Crippen LogP contribution in [0.2, 0.25) is 0 Å². The Morgan fingerprint density at radius 2 is 2.16 bits per heavy atom. The Morgan fingerprint density at radius 1 is 1.42 bits per heavy atom. The van der Waals surface area contributed by atoms with E-state index >= 15 is 0 Å². The Labute approximate surface area is 120 Å². The predicted molar refractivity (Wildman–Crippen MR) is 76.4 cm³/mol. The van der Waals surface area contributed by atoms with Crippen molar-refractivity contribution in [3.63, 3.8) is 0 Å². The molecule has 0 aliphatic heterocycles. The summed E-state index contributed by atoms with van der Waals surface area (Å²) < 4.78 is 6.54.